The molecule has 8 heteroatoms. The second-order valence-corrected chi connectivity index (χ2v) is 5.24. The molecule has 126 valence electrons. The van der Waals surface area contributed by atoms with Gasteiger partial charge in [0.05, 0.1) is 17.2 Å². The number of nitriles is 1. The summed E-state index contributed by atoms with van der Waals surface area (Å²) < 4.78 is 27.8. The van der Waals surface area contributed by atoms with Crippen molar-refractivity contribution < 1.29 is 18.7 Å². The van der Waals surface area contributed by atoms with Gasteiger partial charge in [-0.15, -0.1) is 0 Å². The minimum atomic E-state index is -0.884. The largest absolute Gasteiger partial charge is 0.507 e. The van der Waals surface area contributed by atoms with Crippen LogP contribution in [-0.4, -0.2) is 30.1 Å². The molecule has 1 saturated heterocycles. The van der Waals surface area contributed by atoms with Crippen LogP contribution in [0.1, 0.15) is 15.9 Å². The third kappa shape index (κ3) is 3.12. The molecule has 1 heterocycles. The minimum absolute atomic E-state index is 0.0850. The zero-order valence-electron chi connectivity index (χ0n) is 12.8. The molecule has 0 unspecified atom stereocenters. The number of hydrogen-bond donors (Lipinski definition) is 3. The Morgan fingerprint density at radius 2 is 1.92 bits per heavy atom. The fraction of sp³-hybridized carbons (Fsp3) is 0.118. The van der Waals surface area contributed by atoms with E-state index in [4.69, 9.17) is 0 Å². The molecule has 0 spiro atoms. The van der Waals surface area contributed by atoms with Crippen molar-refractivity contribution in [2.45, 2.75) is 0 Å². The van der Waals surface area contributed by atoms with E-state index in [1.807, 2.05) is 6.07 Å². The summed E-state index contributed by atoms with van der Waals surface area (Å²) in [6.07, 6.45) is 0. The lowest BCUT2D eigenvalue weighted by molar-refractivity contribution is 0.100. The van der Waals surface area contributed by atoms with Crippen LogP contribution in [0, 0.1) is 23.0 Å². The van der Waals surface area contributed by atoms with Gasteiger partial charge in [-0.3, -0.25) is 4.79 Å². The van der Waals surface area contributed by atoms with Crippen molar-refractivity contribution in [1.82, 2.24) is 10.6 Å². The summed E-state index contributed by atoms with van der Waals surface area (Å²) in [5, 5.41) is 25.1. The molecule has 25 heavy (non-hydrogen) atoms. The molecular formula is C17H12F2N4O2. The predicted molar refractivity (Wildman–Crippen MR) is 85.9 cm³/mol. The van der Waals surface area contributed by atoms with Crippen LogP contribution in [0.25, 0.3) is 11.1 Å². The Morgan fingerprint density at radius 3 is 2.60 bits per heavy atom. The van der Waals surface area contributed by atoms with Gasteiger partial charge in [0.25, 0.3) is 5.91 Å². The number of halogens is 2. The van der Waals surface area contributed by atoms with E-state index in [2.05, 4.69) is 15.6 Å². The number of carbonyl (C=O) groups is 1. The highest BCUT2D eigenvalue weighted by Gasteiger charge is 2.24. The number of aliphatic imine (C=N–C) groups is 1. The second kappa shape index (κ2) is 6.57. The average molecular weight is 342 g/mol. The van der Waals surface area contributed by atoms with Crippen molar-refractivity contribution in [3.8, 4) is 22.9 Å². The molecule has 0 aliphatic carbocycles. The monoisotopic (exact) mass is 342 g/mol. The van der Waals surface area contributed by atoms with Crippen molar-refractivity contribution in [3.05, 3.63) is 53.1 Å². The number of benzene rings is 2. The van der Waals surface area contributed by atoms with Crippen molar-refractivity contribution in [2.75, 3.05) is 13.1 Å². The predicted octanol–water partition coefficient (Wildman–Crippen LogP) is 1.90. The highest BCUT2D eigenvalue weighted by atomic mass is 19.1. The smallest absolute Gasteiger partial charge is 0.284 e. The Hall–Kier alpha value is -3.47. The maximum atomic E-state index is 14.2. The molecule has 0 atom stereocenters. The van der Waals surface area contributed by atoms with Gasteiger partial charge < -0.3 is 15.7 Å². The molecule has 0 saturated carbocycles. The molecule has 0 aromatic heterocycles. The molecule has 2 aromatic carbocycles. The normalized spacial score (nSPS) is 12.9. The third-order valence-electron chi connectivity index (χ3n) is 3.64. The van der Waals surface area contributed by atoms with Crippen LogP contribution < -0.4 is 10.6 Å². The van der Waals surface area contributed by atoms with Gasteiger partial charge in [-0.2, -0.15) is 10.3 Å². The molecule has 1 aliphatic heterocycles. The minimum Gasteiger partial charge on any atom is -0.507 e. The second-order valence-electron chi connectivity index (χ2n) is 5.24. The van der Waals surface area contributed by atoms with Gasteiger partial charge in [0.2, 0.25) is 0 Å². The Morgan fingerprint density at radius 1 is 1.20 bits per heavy atom. The number of amides is 1. The molecule has 6 nitrogen and oxygen atoms in total. The van der Waals surface area contributed by atoms with Crippen LogP contribution in [0.15, 0.2) is 35.3 Å². The Labute approximate surface area is 141 Å². The fourth-order valence-electron chi connectivity index (χ4n) is 2.53. The van der Waals surface area contributed by atoms with Gasteiger partial charge in [0.1, 0.15) is 17.4 Å². The summed E-state index contributed by atoms with van der Waals surface area (Å²) >= 11 is 0. The van der Waals surface area contributed by atoms with Crippen LogP contribution >= 0.6 is 0 Å². The number of nitrogens with one attached hydrogen (secondary N) is 2. The highest BCUT2D eigenvalue weighted by molar-refractivity contribution is 6.09. The number of phenols is 1. The molecule has 1 amide bonds. The first-order valence-electron chi connectivity index (χ1n) is 7.33. The number of aromatic hydroxyl groups is 1. The zero-order valence-corrected chi connectivity index (χ0v) is 12.8. The average Bonchev–Trinajstić information content (AvgIpc) is 3.09. The SMILES string of the molecule is N#Cc1ccc(O)c(C(=O)N=C2NCCN2)c1-c1cc(F)ccc1F. The summed E-state index contributed by atoms with van der Waals surface area (Å²) in [4.78, 5) is 16.3. The van der Waals surface area contributed by atoms with E-state index in [0.29, 0.717) is 13.1 Å². The number of guanidine groups is 1. The maximum Gasteiger partial charge on any atom is 0.284 e. The number of rotatable bonds is 2. The zero-order chi connectivity index (χ0) is 18.0. The van der Waals surface area contributed by atoms with Crippen LogP contribution in [0.2, 0.25) is 0 Å². The molecule has 3 N–H and O–H groups in total. The molecule has 0 bridgehead atoms. The van der Waals surface area contributed by atoms with Gasteiger partial charge in [-0.05, 0) is 30.3 Å². The van der Waals surface area contributed by atoms with Crippen LogP contribution in [0.5, 0.6) is 5.75 Å². The fourth-order valence-corrected chi connectivity index (χ4v) is 2.53. The Balaban J connectivity index is 2.25. The molecule has 1 aliphatic rings. The molecule has 1 fully saturated rings. The number of hydrogen-bond acceptors (Lipinski definition) is 3. The number of phenolic OH excluding ortho intramolecular Hbond substituents is 1. The topological polar surface area (TPSA) is 97.5 Å². The molecule has 0 radical (unpaired) electrons. The van der Waals surface area contributed by atoms with Crippen molar-refractivity contribution in [1.29, 1.82) is 5.26 Å². The van der Waals surface area contributed by atoms with Crippen LogP contribution in [0.3, 0.4) is 0 Å². The van der Waals surface area contributed by atoms with E-state index in [-0.39, 0.29) is 28.2 Å². The van der Waals surface area contributed by atoms with Gasteiger partial charge in [0.15, 0.2) is 5.96 Å². The molecular weight excluding hydrogens is 330 g/mol. The van der Waals surface area contributed by atoms with E-state index < -0.39 is 23.3 Å². The van der Waals surface area contributed by atoms with Gasteiger partial charge >= 0.3 is 0 Å². The standard InChI is InChI=1S/C17H12F2N4O2/c18-10-2-3-12(19)11(7-10)14-9(8-20)1-4-13(24)15(14)16(25)23-17-21-5-6-22-17/h1-4,7,24H,5-6H2,(H2,21,22,23,25). The number of nitrogens with zero attached hydrogens (tertiary/aromatic N) is 2. The number of carbonyl (C=O) groups excluding carboxylic acids is 1. The summed E-state index contributed by atoms with van der Waals surface area (Å²) in [6.45, 7) is 1.14. The first-order chi connectivity index (χ1) is 12.0. The van der Waals surface area contributed by atoms with E-state index in [1.165, 1.54) is 6.07 Å². The maximum absolute atomic E-state index is 14.2. The lowest BCUT2D eigenvalue weighted by atomic mass is 9.93. The summed E-state index contributed by atoms with van der Waals surface area (Å²) in [5.74, 6) is -2.73. The van der Waals surface area contributed by atoms with E-state index in [0.717, 1.165) is 24.3 Å². The van der Waals surface area contributed by atoms with Gasteiger partial charge in [-0.25, -0.2) is 8.78 Å². The Kier molecular flexibility index (Phi) is 4.31. The lowest BCUT2D eigenvalue weighted by Crippen LogP contribution is -2.25. The first-order valence-corrected chi connectivity index (χ1v) is 7.33. The Bertz CT molecular complexity index is 927. The third-order valence-corrected chi connectivity index (χ3v) is 3.64. The lowest BCUT2D eigenvalue weighted by Gasteiger charge is -2.12. The van der Waals surface area contributed by atoms with Crippen LogP contribution in [-0.2, 0) is 0 Å². The highest BCUT2D eigenvalue weighted by Crippen LogP contribution is 2.35. The molecule has 3 rings (SSSR count). The van der Waals surface area contributed by atoms with E-state index in [9.17, 15) is 23.9 Å². The van der Waals surface area contributed by atoms with Crippen molar-refractivity contribution in [2.24, 2.45) is 4.99 Å². The van der Waals surface area contributed by atoms with Crippen molar-refractivity contribution in [3.63, 3.8) is 0 Å². The van der Waals surface area contributed by atoms with Gasteiger partial charge in [-0.1, -0.05) is 0 Å². The summed E-state index contributed by atoms with van der Waals surface area (Å²) in [5.41, 5.74) is -0.958. The summed E-state index contributed by atoms with van der Waals surface area (Å²) in [7, 11) is 0. The van der Waals surface area contributed by atoms with E-state index in [1.54, 1.807) is 0 Å². The van der Waals surface area contributed by atoms with E-state index >= 15 is 0 Å². The summed E-state index contributed by atoms with van der Waals surface area (Å²) in [6, 6.07) is 6.86. The first kappa shape index (κ1) is 16.4. The van der Waals surface area contributed by atoms with Crippen LogP contribution in [0.4, 0.5) is 8.78 Å². The van der Waals surface area contributed by atoms with Crippen molar-refractivity contribution >= 4 is 11.9 Å². The molecule has 2 aromatic rings. The quantitative estimate of drug-likeness (QED) is 0.774. The van der Waals surface area contributed by atoms with Gasteiger partial charge in [0, 0.05) is 24.2 Å².